The zero-order valence-corrected chi connectivity index (χ0v) is 18.9. The molecule has 0 spiro atoms. The normalized spacial score (nSPS) is 18.9. The molecule has 0 radical (unpaired) electrons. The third kappa shape index (κ3) is 5.02. The first kappa shape index (κ1) is 21.7. The fourth-order valence-corrected chi connectivity index (χ4v) is 4.31. The SMILES string of the molecule is CNC(=O)N1N=C(c2ccc(Cl)cc2)c2cc(OCCN3CCCC3)ccc2CC1C. The number of carbonyl (C=O) groups is 1. The van der Waals surface area contributed by atoms with E-state index in [1.54, 1.807) is 7.05 Å². The maximum atomic E-state index is 12.5. The summed E-state index contributed by atoms with van der Waals surface area (Å²) in [6.07, 6.45) is 3.26. The number of nitrogens with one attached hydrogen (secondary N) is 1. The van der Waals surface area contributed by atoms with Crippen molar-refractivity contribution in [3.8, 4) is 5.75 Å². The number of hydrogen-bond acceptors (Lipinski definition) is 4. The molecule has 4 rings (SSSR count). The topological polar surface area (TPSA) is 57.2 Å². The number of hydrazone groups is 1. The molecule has 7 heteroatoms. The standard InChI is InChI=1S/C24H29ClN4O2/c1-17-15-19-7-10-21(31-14-13-28-11-3-4-12-28)16-22(19)23(27-29(17)24(30)26-2)18-5-8-20(25)9-6-18/h5-10,16-17H,3-4,11-15H2,1-2H3,(H,26,30). The Bertz CT molecular complexity index is 955. The number of ether oxygens (including phenoxy) is 1. The van der Waals surface area contributed by atoms with Gasteiger partial charge in [-0.05, 0) is 69.1 Å². The highest BCUT2D eigenvalue weighted by molar-refractivity contribution is 6.30. The molecule has 2 amide bonds. The Labute approximate surface area is 188 Å². The van der Waals surface area contributed by atoms with Crippen molar-refractivity contribution in [2.75, 3.05) is 33.3 Å². The third-order valence-electron chi connectivity index (χ3n) is 5.89. The van der Waals surface area contributed by atoms with E-state index in [4.69, 9.17) is 21.4 Å². The molecule has 1 unspecified atom stereocenters. The van der Waals surface area contributed by atoms with Crippen molar-refractivity contribution < 1.29 is 9.53 Å². The van der Waals surface area contributed by atoms with Gasteiger partial charge in [0, 0.05) is 29.7 Å². The summed E-state index contributed by atoms with van der Waals surface area (Å²) in [5.41, 5.74) is 3.77. The van der Waals surface area contributed by atoms with E-state index in [0.29, 0.717) is 18.1 Å². The predicted octanol–water partition coefficient (Wildman–Crippen LogP) is 4.15. The minimum atomic E-state index is -0.228. The molecule has 0 aliphatic carbocycles. The summed E-state index contributed by atoms with van der Waals surface area (Å²) in [4.78, 5) is 14.9. The van der Waals surface area contributed by atoms with Gasteiger partial charge in [0.1, 0.15) is 12.4 Å². The average molecular weight is 441 g/mol. The molecule has 2 aliphatic heterocycles. The maximum absolute atomic E-state index is 12.5. The summed E-state index contributed by atoms with van der Waals surface area (Å²) >= 11 is 6.11. The largest absolute Gasteiger partial charge is 0.492 e. The molecule has 2 aromatic rings. The van der Waals surface area contributed by atoms with Gasteiger partial charge in [-0.3, -0.25) is 4.90 Å². The Balaban J connectivity index is 1.66. The second-order valence-electron chi connectivity index (χ2n) is 8.12. The Morgan fingerprint density at radius 2 is 1.94 bits per heavy atom. The van der Waals surface area contributed by atoms with Crippen LogP contribution in [0.1, 0.15) is 36.5 Å². The van der Waals surface area contributed by atoms with Gasteiger partial charge in [-0.2, -0.15) is 5.10 Å². The maximum Gasteiger partial charge on any atom is 0.337 e. The molecule has 1 saturated heterocycles. The van der Waals surface area contributed by atoms with Crippen LogP contribution in [0.15, 0.2) is 47.6 Å². The number of hydrogen-bond donors (Lipinski definition) is 1. The molecule has 0 aromatic heterocycles. The number of fused-ring (bicyclic) bond motifs is 1. The molecule has 6 nitrogen and oxygen atoms in total. The molecule has 164 valence electrons. The van der Waals surface area contributed by atoms with Crippen molar-refractivity contribution in [2.45, 2.75) is 32.2 Å². The van der Waals surface area contributed by atoms with Gasteiger partial charge in [0.15, 0.2) is 0 Å². The predicted molar refractivity (Wildman–Crippen MR) is 124 cm³/mol. The van der Waals surface area contributed by atoms with Crippen molar-refractivity contribution >= 4 is 23.3 Å². The van der Waals surface area contributed by atoms with E-state index in [1.807, 2.05) is 43.3 Å². The fourth-order valence-electron chi connectivity index (χ4n) is 4.19. The molecule has 0 bridgehead atoms. The number of amides is 2. The minimum absolute atomic E-state index is 0.0783. The number of benzene rings is 2. The molecule has 2 aromatic carbocycles. The monoisotopic (exact) mass is 440 g/mol. The molecular formula is C24H29ClN4O2. The van der Waals surface area contributed by atoms with Crippen molar-refractivity contribution in [3.63, 3.8) is 0 Å². The number of nitrogens with zero attached hydrogens (tertiary/aromatic N) is 3. The highest BCUT2D eigenvalue weighted by Gasteiger charge is 2.27. The number of urea groups is 1. The van der Waals surface area contributed by atoms with Crippen LogP contribution in [0.2, 0.25) is 5.02 Å². The Kier molecular flexibility index (Phi) is 6.78. The molecule has 1 atom stereocenters. The number of rotatable bonds is 5. The summed E-state index contributed by atoms with van der Waals surface area (Å²) in [6, 6.07) is 13.4. The molecule has 2 aliphatic rings. The lowest BCUT2D eigenvalue weighted by molar-refractivity contribution is 0.184. The van der Waals surface area contributed by atoms with Gasteiger partial charge in [0.2, 0.25) is 0 Å². The third-order valence-corrected chi connectivity index (χ3v) is 6.14. The fraction of sp³-hybridized carbons (Fsp3) is 0.417. The lowest BCUT2D eigenvalue weighted by Crippen LogP contribution is -2.41. The second-order valence-corrected chi connectivity index (χ2v) is 8.56. The van der Waals surface area contributed by atoms with Gasteiger partial charge in [-0.15, -0.1) is 0 Å². The summed E-state index contributed by atoms with van der Waals surface area (Å²) < 4.78 is 6.09. The van der Waals surface area contributed by atoms with E-state index < -0.39 is 0 Å². The lowest BCUT2D eigenvalue weighted by Gasteiger charge is -2.22. The van der Waals surface area contributed by atoms with Gasteiger partial charge >= 0.3 is 6.03 Å². The van der Waals surface area contributed by atoms with Crippen molar-refractivity contribution in [1.82, 2.24) is 15.2 Å². The van der Waals surface area contributed by atoms with E-state index in [-0.39, 0.29) is 12.1 Å². The first-order chi connectivity index (χ1) is 15.0. The second kappa shape index (κ2) is 9.71. The molecule has 31 heavy (non-hydrogen) atoms. The van der Waals surface area contributed by atoms with E-state index in [1.165, 1.54) is 17.9 Å². The summed E-state index contributed by atoms with van der Waals surface area (Å²) in [6.45, 7) is 5.93. The van der Waals surface area contributed by atoms with Crippen LogP contribution in [0.4, 0.5) is 4.79 Å². The molecule has 1 N–H and O–H groups in total. The van der Waals surface area contributed by atoms with Gasteiger partial charge in [-0.25, -0.2) is 9.80 Å². The van der Waals surface area contributed by atoms with E-state index in [9.17, 15) is 4.79 Å². The van der Waals surface area contributed by atoms with Crippen LogP contribution in [-0.2, 0) is 6.42 Å². The van der Waals surface area contributed by atoms with Crippen LogP contribution >= 0.6 is 11.6 Å². The van der Waals surface area contributed by atoms with Crippen molar-refractivity contribution in [3.05, 3.63) is 64.2 Å². The molecule has 1 fully saturated rings. The van der Waals surface area contributed by atoms with Crippen LogP contribution in [0.5, 0.6) is 5.75 Å². The lowest BCUT2D eigenvalue weighted by atomic mass is 9.94. The Morgan fingerprint density at radius 1 is 1.19 bits per heavy atom. The summed E-state index contributed by atoms with van der Waals surface area (Å²) in [7, 11) is 1.62. The van der Waals surface area contributed by atoms with Gasteiger partial charge in [-0.1, -0.05) is 29.8 Å². The van der Waals surface area contributed by atoms with Crippen molar-refractivity contribution in [2.24, 2.45) is 5.10 Å². The first-order valence-corrected chi connectivity index (χ1v) is 11.3. The minimum Gasteiger partial charge on any atom is -0.492 e. The summed E-state index contributed by atoms with van der Waals surface area (Å²) in [5.74, 6) is 0.820. The highest BCUT2D eigenvalue weighted by atomic mass is 35.5. The van der Waals surface area contributed by atoms with Gasteiger partial charge < -0.3 is 10.1 Å². The van der Waals surface area contributed by atoms with Crippen LogP contribution in [0.3, 0.4) is 0 Å². The zero-order chi connectivity index (χ0) is 21.8. The van der Waals surface area contributed by atoms with Crippen molar-refractivity contribution in [1.29, 1.82) is 0 Å². The van der Waals surface area contributed by atoms with Gasteiger partial charge in [0.25, 0.3) is 0 Å². The highest BCUT2D eigenvalue weighted by Crippen LogP contribution is 2.28. The smallest absolute Gasteiger partial charge is 0.337 e. The average Bonchev–Trinajstić information content (AvgIpc) is 3.24. The zero-order valence-electron chi connectivity index (χ0n) is 18.1. The van der Waals surface area contributed by atoms with Crippen LogP contribution in [0, 0.1) is 0 Å². The first-order valence-electron chi connectivity index (χ1n) is 10.9. The number of halogens is 1. The molecule has 0 saturated carbocycles. The molecular weight excluding hydrogens is 412 g/mol. The van der Waals surface area contributed by atoms with Crippen LogP contribution < -0.4 is 10.1 Å². The van der Waals surface area contributed by atoms with E-state index in [0.717, 1.165) is 47.8 Å². The Morgan fingerprint density at radius 3 is 2.65 bits per heavy atom. The quantitative estimate of drug-likeness (QED) is 0.759. The molecule has 2 heterocycles. The number of carbonyl (C=O) groups excluding carboxylic acids is 1. The Hall–Kier alpha value is -2.57. The van der Waals surface area contributed by atoms with Crippen LogP contribution in [0.25, 0.3) is 0 Å². The summed E-state index contributed by atoms with van der Waals surface area (Å²) in [5, 5.41) is 9.67. The van der Waals surface area contributed by atoms with Crippen LogP contribution in [-0.4, -0.2) is 61.0 Å². The van der Waals surface area contributed by atoms with E-state index in [2.05, 4.69) is 16.3 Å². The van der Waals surface area contributed by atoms with E-state index >= 15 is 0 Å². The number of likely N-dealkylation sites (tertiary alicyclic amines) is 1. The van der Waals surface area contributed by atoms with Gasteiger partial charge in [0.05, 0.1) is 11.8 Å².